The fourth-order valence-corrected chi connectivity index (χ4v) is 1.45. The van der Waals surface area contributed by atoms with Gasteiger partial charge >= 0.3 is 0 Å². The van der Waals surface area contributed by atoms with E-state index in [-0.39, 0.29) is 5.54 Å². The van der Waals surface area contributed by atoms with E-state index in [1.807, 2.05) is 12.1 Å². The van der Waals surface area contributed by atoms with Crippen LogP contribution < -0.4 is 11.1 Å². The highest BCUT2D eigenvalue weighted by molar-refractivity contribution is 9.10. The lowest BCUT2D eigenvalue weighted by atomic mass is 10.0. The quantitative estimate of drug-likeness (QED) is 0.871. The van der Waals surface area contributed by atoms with E-state index in [4.69, 9.17) is 5.73 Å². The first-order chi connectivity index (χ1) is 6.53. The van der Waals surface area contributed by atoms with E-state index in [1.54, 1.807) is 6.20 Å². The molecule has 0 saturated carbocycles. The van der Waals surface area contributed by atoms with Crippen LogP contribution >= 0.6 is 15.9 Å². The number of nitrogens with one attached hydrogen (secondary N) is 1. The summed E-state index contributed by atoms with van der Waals surface area (Å²) in [6.07, 6.45) is 2.70. The molecule has 1 heterocycles. The molecule has 0 aliphatic heterocycles. The van der Waals surface area contributed by atoms with Crippen LogP contribution in [0.3, 0.4) is 0 Å². The number of hydrogen-bond acceptors (Lipinski definition) is 3. The van der Waals surface area contributed by atoms with E-state index < -0.39 is 0 Å². The highest BCUT2D eigenvalue weighted by Crippen LogP contribution is 2.17. The maximum atomic E-state index is 5.52. The van der Waals surface area contributed by atoms with Crippen molar-refractivity contribution in [3.63, 3.8) is 0 Å². The van der Waals surface area contributed by atoms with Crippen LogP contribution in [0.5, 0.6) is 0 Å². The van der Waals surface area contributed by atoms with Gasteiger partial charge in [0.25, 0.3) is 0 Å². The Morgan fingerprint density at radius 3 is 2.71 bits per heavy atom. The summed E-state index contributed by atoms with van der Waals surface area (Å²) < 4.78 is 0.986. The molecule has 0 fully saturated rings. The number of nitrogens with zero attached hydrogens (tertiary/aromatic N) is 1. The van der Waals surface area contributed by atoms with Crippen molar-refractivity contribution in [1.29, 1.82) is 0 Å². The number of aromatic nitrogens is 1. The zero-order chi connectivity index (χ0) is 10.6. The monoisotopic (exact) mass is 257 g/mol. The van der Waals surface area contributed by atoms with Gasteiger partial charge in [-0.25, -0.2) is 4.98 Å². The normalized spacial score (nSPS) is 11.4. The molecule has 0 bridgehead atoms. The van der Waals surface area contributed by atoms with Crippen molar-refractivity contribution in [2.24, 2.45) is 5.73 Å². The highest BCUT2D eigenvalue weighted by Gasteiger charge is 2.16. The summed E-state index contributed by atoms with van der Waals surface area (Å²) in [5.74, 6) is 0.881. The molecule has 0 saturated heterocycles. The van der Waals surface area contributed by atoms with Gasteiger partial charge in [0.05, 0.1) is 0 Å². The summed E-state index contributed by atoms with van der Waals surface area (Å²) >= 11 is 3.35. The van der Waals surface area contributed by atoms with Crippen LogP contribution in [0.25, 0.3) is 0 Å². The summed E-state index contributed by atoms with van der Waals surface area (Å²) in [6.45, 7) is 4.91. The van der Waals surface area contributed by atoms with Crippen molar-refractivity contribution in [2.75, 3.05) is 11.9 Å². The molecule has 3 N–H and O–H groups in total. The molecule has 0 atom stereocenters. The van der Waals surface area contributed by atoms with Gasteiger partial charge in [-0.1, -0.05) is 0 Å². The van der Waals surface area contributed by atoms with Crippen LogP contribution in [0.4, 0.5) is 5.82 Å². The molecule has 0 spiro atoms. The molecule has 0 unspecified atom stereocenters. The van der Waals surface area contributed by atoms with E-state index >= 15 is 0 Å². The molecule has 0 aliphatic carbocycles. The van der Waals surface area contributed by atoms with E-state index in [2.05, 4.69) is 40.1 Å². The first kappa shape index (κ1) is 11.5. The Hall–Kier alpha value is -0.610. The molecule has 0 aromatic carbocycles. The third-order valence-electron chi connectivity index (χ3n) is 1.96. The fraction of sp³-hybridized carbons (Fsp3) is 0.500. The maximum Gasteiger partial charge on any atom is 0.126 e. The van der Waals surface area contributed by atoms with E-state index in [0.29, 0.717) is 6.54 Å². The second-order valence-electron chi connectivity index (χ2n) is 3.91. The number of anilines is 1. The van der Waals surface area contributed by atoms with Crippen molar-refractivity contribution in [3.8, 4) is 0 Å². The zero-order valence-corrected chi connectivity index (χ0v) is 10.1. The second-order valence-corrected chi connectivity index (χ2v) is 4.82. The van der Waals surface area contributed by atoms with E-state index in [0.717, 1.165) is 16.7 Å². The van der Waals surface area contributed by atoms with Crippen molar-refractivity contribution in [1.82, 2.24) is 4.98 Å². The van der Waals surface area contributed by atoms with Gasteiger partial charge in [0.1, 0.15) is 5.82 Å². The van der Waals surface area contributed by atoms with Crippen LogP contribution in [0.2, 0.25) is 0 Å². The van der Waals surface area contributed by atoms with Gasteiger partial charge in [0.2, 0.25) is 0 Å². The molecule has 1 aromatic rings. The average molecular weight is 258 g/mol. The molecule has 0 aliphatic rings. The van der Waals surface area contributed by atoms with Gasteiger partial charge in [-0.2, -0.15) is 0 Å². The first-order valence-corrected chi connectivity index (χ1v) is 5.42. The number of halogens is 1. The summed E-state index contributed by atoms with van der Waals surface area (Å²) in [5, 5.41) is 3.33. The van der Waals surface area contributed by atoms with Gasteiger partial charge in [0.15, 0.2) is 0 Å². The predicted molar refractivity (Wildman–Crippen MR) is 63.3 cm³/mol. The molecule has 4 heteroatoms. The van der Waals surface area contributed by atoms with Crippen LogP contribution in [-0.4, -0.2) is 17.1 Å². The van der Waals surface area contributed by atoms with Gasteiger partial charge < -0.3 is 11.1 Å². The Labute approximate surface area is 93.2 Å². The molecular weight excluding hydrogens is 242 g/mol. The predicted octanol–water partition coefficient (Wildman–Crippen LogP) is 2.38. The number of nitrogens with two attached hydrogens (primary N) is 1. The molecule has 1 rings (SSSR count). The molecule has 14 heavy (non-hydrogen) atoms. The third kappa shape index (κ3) is 3.64. The van der Waals surface area contributed by atoms with Gasteiger partial charge in [-0.3, -0.25) is 0 Å². The summed E-state index contributed by atoms with van der Waals surface area (Å²) in [4.78, 5) is 4.25. The molecule has 78 valence electrons. The Morgan fingerprint density at radius 2 is 2.21 bits per heavy atom. The Balaban J connectivity index is 2.64. The Kier molecular flexibility index (Phi) is 3.89. The minimum Gasteiger partial charge on any atom is -0.365 e. The Bertz CT molecular complexity index is 282. The van der Waals surface area contributed by atoms with Gasteiger partial charge in [-0.15, -0.1) is 0 Å². The standard InChI is InChI=1S/C10H16BrN3/c1-10(2,5-6-12)14-9-4-3-8(11)7-13-9/h3-4,7H,5-6,12H2,1-2H3,(H,13,14). The largest absolute Gasteiger partial charge is 0.365 e. The first-order valence-electron chi connectivity index (χ1n) is 4.63. The number of pyridine rings is 1. The lowest BCUT2D eigenvalue weighted by Gasteiger charge is -2.26. The van der Waals surface area contributed by atoms with Crippen molar-refractivity contribution in [2.45, 2.75) is 25.8 Å². The summed E-state index contributed by atoms with van der Waals surface area (Å²) in [6, 6.07) is 3.91. The molecular formula is C10H16BrN3. The van der Waals surface area contributed by atoms with Crippen LogP contribution in [0, 0.1) is 0 Å². The second kappa shape index (κ2) is 4.75. The minimum absolute atomic E-state index is 0.00439. The van der Waals surface area contributed by atoms with E-state index in [1.165, 1.54) is 0 Å². The zero-order valence-electron chi connectivity index (χ0n) is 8.55. The average Bonchev–Trinajstić information content (AvgIpc) is 2.08. The van der Waals surface area contributed by atoms with Crippen molar-refractivity contribution >= 4 is 21.7 Å². The van der Waals surface area contributed by atoms with Gasteiger partial charge in [0, 0.05) is 16.2 Å². The topological polar surface area (TPSA) is 50.9 Å². The van der Waals surface area contributed by atoms with Crippen LogP contribution in [-0.2, 0) is 0 Å². The SMILES string of the molecule is CC(C)(CCN)Nc1ccc(Br)cn1. The molecule has 3 nitrogen and oxygen atoms in total. The minimum atomic E-state index is -0.00439. The van der Waals surface area contributed by atoms with Crippen molar-refractivity contribution < 1.29 is 0 Å². The van der Waals surface area contributed by atoms with Crippen LogP contribution in [0.1, 0.15) is 20.3 Å². The number of hydrogen-bond donors (Lipinski definition) is 2. The summed E-state index contributed by atoms with van der Waals surface area (Å²) in [5.41, 5.74) is 5.52. The highest BCUT2D eigenvalue weighted by atomic mass is 79.9. The fourth-order valence-electron chi connectivity index (χ4n) is 1.22. The lowest BCUT2D eigenvalue weighted by molar-refractivity contribution is 0.524. The lowest BCUT2D eigenvalue weighted by Crippen LogP contribution is -2.33. The molecule has 1 aromatic heterocycles. The van der Waals surface area contributed by atoms with E-state index in [9.17, 15) is 0 Å². The smallest absolute Gasteiger partial charge is 0.126 e. The number of rotatable bonds is 4. The molecule has 0 amide bonds. The Morgan fingerprint density at radius 1 is 1.50 bits per heavy atom. The molecule has 0 radical (unpaired) electrons. The summed E-state index contributed by atoms with van der Waals surface area (Å²) in [7, 11) is 0. The third-order valence-corrected chi connectivity index (χ3v) is 2.43. The van der Waals surface area contributed by atoms with Gasteiger partial charge in [-0.05, 0) is 54.9 Å². The van der Waals surface area contributed by atoms with Crippen molar-refractivity contribution in [3.05, 3.63) is 22.8 Å². The maximum absolute atomic E-state index is 5.52. The van der Waals surface area contributed by atoms with Crippen LogP contribution in [0.15, 0.2) is 22.8 Å².